The number of piperazine rings is 1. The standard InChI is InChI=1S/C17H17N9O2S/c18-16-22-14(13-15(23-16)29-10-20-13)24-5-7-25(8-6-24)28-17(27)21-12-9-19-11-3-1-2-4-26(11)12/h1-4,9-10H,5-8H2,(H,21,27)(H2,18,22,23). The van der Waals surface area contributed by atoms with Gasteiger partial charge in [-0.3, -0.25) is 9.72 Å². The highest BCUT2D eigenvalue weighted by Gasteiger charge is 2.24. The number of hydrogen-bond donors (Lipinski definition) is 2. The van der Waals surface area contributed by atoms with E-state index < -0.39 is 6.09 Å². The summed E-state index contributed by atoms with van der Waals surface area (Å²) in [6.07, 6.45) is 2.86. The fraction of sp³-hybridized carbons (Fsp3) is 0.235. The number of nitrogen functional groups attached to an aromatic ring is 1. The number of carbonyl (C=O) groups excluding carboxylic acids is 1. The Hall–Kier alpha value is -3.51. The van der Waals surface area contributed by atoms with Gasteiger partial charge < -0.3 is 15.5 Å². The van der Waals surface area contributed by atoms with Crippen molar-refractivity contribution in [3.63, 3.8) is 0 Å². The molecule has 5 rings (SSSR count). The fourth-order valence-corrected chi connectivity index (χ4v) is 3.90. The Labute approximate surface area is 168 Å². The molecule has 0 saturated carbocycles. The normalized spacial score (nSPS) is 15.1. The van der Waals surface area contributed by atoms with Gasteiger partial charge in [-0.25, -0.2) is 19.7 Å². The van der Waals surface area contributed by atoms with Crippen molar-refractivity contribution in [1.29, 1.82) is 0 Å². The summed E-state index contributed by atoms with van der Waals surface area (Å²) in [5.74, 6) is 1.48. The van der Waals surface area contributed by atoms with Gasteiger partial charge >= 0.3 is 6.09 Å². The molecule has 12 heteroatoms. The predicted molar refractivity (Wildman–Crippen MR) is 109 cm³/mol. The van der Waals surface area contributed by atoms with E-state index in [9.17, 15) is 4.79 Å². The second kappa shape index (κ2) is 7.14. The number of nitrogens with two attached hydrogens (primary N) is 1. The highest BCUT2D eigenvalue weighted by molar-refractivity contribution is 7.16. The van der Waals surface area contributed by atoms with Gasteiger partial charge in [0.25, 0.3) is 0 Å². The predicted octanol–water partition coefficient (Wildman–Crippen LogP) is 1.60. The third-order valence-electron chi connectivity index (χ3n) is 4.59. The van der Waals surface area contributed by atoms with Gasteiger partial charge in [0.2, 0.25) is 5.95 Å². The molecule has 3 N–H and O–H groups in total. The van der Waals surface area contributed by atoms with Crippen LogP contribution in [0.3, 0.4) is 0 Å². The molecule has 0 radical (unpaired) electrons. The van der Waals surface area contributed by atoms with E-state index in [1.807, 2.05) is 24.4 Å². The molecule has 1 amide bonds. The zero-order valence-corrected chi connectivity index (χ0v) is 16.0. The SMILES string of the molecule is Nc1nc(N2CCN(OC(=O)Nc3cnc4ccccn34)CC2)c2ncsc2n1. The molecule has 0 atom stereocenters. The number of hydrogen-bond acceptors (Lipinski definition) is 10. The van der Waals surface area contributed by atoms with E-state index in [2.05, 4.69) is 30.2 Å². The third kappa shape index (κ3) is 3.39. The number of imidazole rings is 1. The van der Waals surface area contributed by atoms with Crippen molar-refractivity contribution in [2.75, 3.05) is 42.1 Å². The second-order valence-corrected chi connectivity index (χ2v) is 7.24. The number of rotatable bonds is 3. The van der Waals surface area contributed by atoms with E-state index in [1.165, 1.54) is 11.3 Å². The molecule has 4 aromatic heterocycles. The van der Waals surface area contributed by atoms with E-state index in [0.29, 0.717) is 37.8 Å². The van der Waals surface area contributed by atoms with Crippen LogP contribution in [-0.4, -0.2) is 61.7 Å². The number of amides is 1. The molecule has 1 aliphatic rings. The Balaban J connectivity index is 1.22. The van der Waals surface area contributed by atoms with Crippen LogP contribution in [0.2, 0.25) is 0 Å². The van der Waals surface area contributed by atoms with E-state index in [-0.39, 0.29) is 5.95 Å². The molecular weight excluding hydrogens is 394 g/mol. The zero-order chi connectivity index (χ0) is 19.8. The van der Waals surface area contributed by atoms with Crippen LogP contribution in [0.25, 0.3) is 16.0 Å². The Bertz CT molecular complexity index is 1180. The van der Waals surface area contributed by atoms with E-state index in [1.54, 1.807) is 21.2 Å². The van der Waals surface area contributed by atoms with Gasteiger partial charge in [-0.05, 0) is 12.1 Å². The highest BCUT2D eigenvalue weighted by atomic mass is 32.1. The largest absolute Gasteiger partial charge is 0.431 e. The lowest BCUT2D eigenvalue weighted by Gasteiger charge is -2.33. The zero-order valence-electron chi connectivity index (χ0n) is 15.2. The Morgan fingerprint density at radius 2 is 2.03 bits per heavy atom. The van der Waals surface area contributed by atoms with Gasteiger partial charge in [-0.15, -0.1) is 16.4 Å². The van der Waals surface area contributed by atoms with E-state index in [4.69, 9.17) is 10.6 Å². The molecule has 1 aliphatic heterocycles. The van der Waals surface area contributed by atoms with Crippen LogP contribution >= 0.6 is 11.3 Å². The lowest BCUT2D eigenvalue weighted by molar-refractivity contribution is -0.0966. The number of carbonyl (C=O) groups is 1. The summed E-state index contributed by atoms with van der Waals surface area (Å²) in [5, 5.41) is 4.34. The first kappa shape index (κ1) is 17.6. The van der Waals surface area contributed by atoms with Gasteiger partial charge in [-0.1, -0.05) is 6.07 Å². The number of pyridine rings is 1. The number of nitrogens with one attached hydrogen (secondary N) is 1. The number of hydroxylamine groups is 2. The van der Waals surface area contributed by atoms with E-state index in [0.717, 1.165) is 16.0 Å². The summed E-state index contributed by atoms with van der Waals surface area (Å²) >= 11 is 1.43. The second-order valence-electron chi connectivity index (χ2n) is 6.40. The van der Waals surface area contributed by atoms with Crippen LogP contribution in [0, 0.1) is 0 Å². The molecule has 29 heavy (non-hydrogen) atoms. The maximum Gasteiger partial charge on any atom is 0.431 e. The molecular formula is C17H17N9O2S. The molecule has 148 valence electrons. The molecule has 1 saturated heterocycles. The summed E-state index contributed by atoms with van der Waals surface area (Å²) in [5.41, 5.74) is 9.03. The molecule has 4 aromatic rings. The summed E-state index contributed by atoms with van der Waals surface area (Å²) < 4.78 is 1.78. The van der Waals surface area contributed by atoms with Crippen molar-refractivity contribution in [3.8, 4) is 0 Å². The van der Waals surface area contributed by atoms with E-state index >= 15 is 0 Å². The highest BCUT2D eigenvalue weighted by Crippen LogP contribution is 2.26. The monoisotopic (exact) mass is 411 g/mol. The average Bonchev–Trinajstić information content (AvgIpc) is 3.35. The number of nitrogens with zero attached hydrogens (tertiary/aromatic N) is 7. The summed E-state index contributed by atoms with van der Waals surface area (Å²) in [7, 11) is 0. The van der Waals surface area contributed by atoms with Gasteiger partial charge in [0, 0.05) is 19.3 Å². The van der Waals surface area contributed by atoms with Gasteiger partial charge in [0.15, 0.2) is 10.6 Å². The Morgan fingerprint density at radius 3 is 2.90 bits per heavy atom. The molecule has 11 nitrogen and oxygen atoms in total. The van der Waals surface area contributed by atoms with Crippen molar-refractivity contribution in [2.45, 2.75) is 0 Å². The molecule has 0 spiro atoms. The minimum absolute atomic E-state index is 0.225. The maximum absolute atomic E-state index is 12.3. The molecule has 0 aliphatic carbocycles. The van der Waals surface area contributed by atoms with Crippen molar-refractivity contribution < 1.29 is 9.63 Å². The lowest BCUT2D eigenvalue weighted by Crippen LogP contribution is -2.47. The minimum atomic E-state index is -0.558. The van der Waals surface area contributed by atoms with Crippen LogP contribution < -0.4 is 16.0 Å². The summed E-state index contributed by atoms with van der Waals surface area (Å²) in [4.78, 5) is 37.7. The number of aromatic nitrogens is 5. The minimum Gasteiger partial charge on any atom is -0.368 e. The summed E-state index contributed by atoms with van der Waals surface area (Å²) in [6.45, 7) is 2.28. The third-order valence-corrected chi connectivity index (χ3v) is 5.31. The molecule has 0 bridgehead atoms. The molecule has 5 heterocycles. The smallest absolute Gasteiger partial charge is 0.368 e. The Morgan fingerprint density at radius 1 is 1.17 bits per heavy atom. The maximum atomic E-state index is 12.3. The average molecular weight is 411 g/mol. The van der Waals surface area contributed by atoms with Gasteiger partial charge in [0.05, 0.1) is 24.8 Å². The molecule has 0 aromatic carbocycles. The first-order valence-electron chi connectivity index (χ1n) is 8.95. The topological polar surface area (TPSA) is 127 Å². The van der Waals surface area contributed by atoms with Crippen LogP contribution in [0.4, 0.5) is 22.4 Å². The van der Waals surface area contributed by atoms with Crippen LogP contribution in [0.15, 0.2) is 36.1 Å². The van der Waals surface area contributed by atoms with Crippen LogP contribution in [0.5, 0.6) is 0 Å². The first-order valence-corrected chi connectivity index (χ1v) is 9.83. The van der Waals surface area contributed by atoms with Crippen LogP contribution in [0.1, 0.15) is 0 Å². The lowest BCUT2D eigenvalue weighted by atomic mass is 10.3. The van der Waals surface area contributed by atoms with Gasteiger partial charge in [0.1, 0.15) is 17.0 Å². The van der Waals surface area contributed by atoms with Crippen molar-refractivity contribution >= 4 is 51.0 Å². The number of anilines is 3. The first-order chi connectivity index (χ1) is 14.2. The number of fused-ring (bicyclic) bond motifs is 2. The van der Waals surface area contributed by atoms with Crippen LogP contribution in [-0.2, 0) is 4.84 Å². The summed E-state index contributed by atoms with van der Waals surface area (Å²) in [6, 6.07) is 5.60. The van der Waals surface area contributed by atoms with Crippen molar-refractivity contribution in [2.24, 2.45) is 0 Å². The molecule has 0 unspecified atom stereocenters. The molecule has 1 fully saturated rings. The quantitative estimate of drug-likeness (QED) is 0.517. The van der Waals surface area contributed by atoms with Gasteiger partial charge in [-0.2, -0.15) is 4.98 Å². The fourth-order valence-electron chi connectivity index (χ4n) is 3.24. The number of thiazole rings is 1. The van der Waals surface area contributed by atoms with Crippen molar-refractivity contribution in [1.82, 2.24) is 29.4 Å². The van der Waals surface area contributed by atoms with Crippen molar-refractivity contribution in [3.05, 3.63) is 36.1 Å². The Kier molecular flexibility index (Phi) is 4.33.